The zero-order valence-corrected chi connectivity index (χ0v) is 30.8. The Labute approximate surface area is 325 Å². The Morgan fingerprint density at radius 2 is 0.946 bits per heavy atom. The van der Waals surface area contributed by atoms with E-state index in [0.717, 1.165) is 33.2 Å². The maximum absolute atomic E-state index is 5.21. The molecule has 0 saturated heterocycles. The summed E-state index contributed by atoms with van der Waals surface area (Å²) in [6.45, 7) is 0. The Hall–Kier alpha value is -7.21. The lowest BCUT2D eigenvalue weighted by atomic mass is 10.0. The summed E-state index contributed by atoms with van der Waals surface area (Å²) in [7, 11) is 0. The van der Waals surface area contributed by atoms with Gasteiger partial charge in [-0.15, -0.1) is 11.3 Å². The fourth-order valence-corrected chi connectivity index (χ4v) is 9.77. The lowest BCUT2D eigenvalue weighted by Gasteiger charge is -2.12. The monoisotopic (exact) mass is 730 g/mol. The van der Waals surface area contributed by atoms with Crippen LogP contribution >= 0.6 is 11.3 Å². The van der Waals surface area contributed by atoms with Crippen LogP contribution in [0.25, 0.3) is 114 Å². The molecule has 9 aromatic carbocycles. The molecule has 4 nitrogen and oxygen atoms in total. The highest BCUT2D eigenvalue weighted by Crippen LogP contribution is 2.44. The number of thiophene rings is 1. The first-order valence-electron chi connectivity index (χ1n) is 18.9. The minimum absolute atomic E-state index is 0.656. The van der Waals surface area contributed by atoms with Crippen molar-refractivity contribution in [3.8, 4) is 39.9 Å². The molecule has 12 aromatic rings. The first-order valence-corrected chi connectivity index (χ1v) is 19.7. The fraction of sp³-hybridized carbons (Fsp3) is 0. The third kappa shape index (κ3) is 4.75. The van der Waals surface area contributed by atoms with Gasteiger partial charge < -0.3 is 4.57 Å². The summed E-state index contributed by atoms with van der Waals surface area (Å²) in [4.78, 5) is 15.4. The minimum Gasteiger partial charge on any atom is -0.308 e. The second-order valence-corrected chi connectivity index (χ2v) is 15.5. The van der Waals surface area contributed by atoms with Crippen LogP contribution < -0.4 is 0 Å². The van der Waals surface area contributed by atoms with Crippen LogP contribution in [0.5, 0.6) is 0 Å². The van der Waals surface area contributed by atoms with E-state index in [2.05, 4.69) is 168 Å². The third-order valence-electron chi connectivity index (χ3n) is 11.2. The average Bonchev–Trinajstić information content (AvgIpc) is 3.82. The van der Waals surface area contributed by atoms with Crippen molar-refractivity contribution in [3.05, 3.63) is 182 Å². The topological polar surface area (TPSA) is 43.6 Å². The maximum Gasteiger partial charge on any atom is 0.164 e. The fourth-order valence-electron chi connectivity index (χ4n) is 8.61. The highest BCUT2D eigenvalue weighted by molar-refractivity contribution is 7.26. The molecule has 0 unspecified atom stereocenters. The van der Waals surface area contributed by atoms with Crippen molar-refractivity contribution in [2.24, 2.45) is 0 Å². The molecule has 0 fully saturated rings. The quantitative estimate of drug-likeness (QED) is 0.181. The molecule has 0 saturated carbocycles. The van der Waals surface area contributed by atoms with Crippen molar-refractivity contribution in [1.82, 2.24) is 19.5 Å². The Kier molecular flexibility index (Phi) is 6.76. The summed E-state index contributed by atoms with van der Waals surface area (Å²) in [5, 5.41) is 12.2. The Balaban J connectivity index is 1.10. The van der Waals surface area contributed by atoms with Crippen molar-refractivity contribution in [2.75, 3.05) is 0 Å². The predicted octanol–water partition coefficient (Wildman–Crippen LogP) is 13.8. The van der Waals surface area contributed by atoms with E-state index >= 15 is 0 Å². The number of hydrogen-bond acceptors (Lipinski definition) is 4. The van der Waals surface area contributed by atoms with Gasteiger partial charge in [-0.1, -0.05) is 158 Å². The highest BCUT2D eigenvalue weighted by Gasteiger charge is 2.20. The summed E-state index contributed by atoms with van der Waals surface area (Å²) in [6, 6.07) is 65.0. The first-order chi connectivity index (χ1) is 27.7. The van der Waals surface area contributed by atoms with Gasteiger partial charge in [0.25, 0.3) is 0 Å². The molecule has 0 aliphatic carbocycles. The number of nitrogens with zero attached hydrogens (tertiary/aromatic N) is 4. The van der Waals surface area contributed by atoms with Crippen LogP contribution in [0.4, 0.5) is 0 Å². The molecule has 0 atom stereocenters. The minimum atomic E-state index is 0.656. The van der Waals surface area contributed by atoms with E-state index in [9.17, 15) is 0 Å². The van der Waals surface area contributed by atoms with Crippen LogP contribution in [0.2, 0.25) is 0 Å². The van der Waals surface area contributed by atoms with Crippen molar-refractivity contribution < 1.29 is 0 Å². The SMILES string of the molecule is c1ccc(-c2nc(-c3ccc4ccccc4c3)nc(-c3cccc4sc5cc(-n6c7c8ccccc8ccc7c7ccc8ccccc8c76)ccc5c34)n2)cc1. The number of aromatic nitrogens is 4. The van der Waals surface area contributed by atoms with Gasteiger partial charge in [0, 0.05) is 64.1 Å². The van der Waals surface area contributed by atoms with Crippen LogP contribution in [0.15, 0.2) is 182 Å². The zero-order chi connectivity index (χ0) is 36.7. The van der Waals surface area contributed by atoms with Gasteiger partial charge in [-0.3, -0.25) is 0 Å². The van der Waals surface area contributed by atoms with Gasteiger partial charge in [0.2, 0.25) is 0 Å². The molecule has 5 heteroatoms. The maximum atomic E-state index is 5.21. The summed E-state index contributed by atoms with van der Waals surface area (Å²) in [5.41, 5.74) is 6.52. The smallest absolute Gasteiger partial charge is 0.164 e. The van der Waals surface area contributed by atoms with E-state index < -0.39 is 0 Å². The van der Waals surface area contributed by atoms with E-state index in [0.29, 0.717) is 17.5 Å². The molecule has 3 aromatic heterocycles. The lowest BCUT2D eigenvalue weighted by molar-refractivity contribution is 1.08. The van der Waals surface area contributed by atoms with Crippen LogP contribution in [0.3, 0.4) is 0 Å². The van der Waals surface area contributed by atoms with E-state index in [-0.39, 0.29) is 0 Å². The van der Waals surface area contributed by atoms with Crippen molar-refractivity contribution in [2.45, 2.75) is 0 Å². The van der Waals surface area contributed by atoms with Gasteiger partial charge in [-0.25, -0.2) is 15.0 Å². The van der Waals surface area contributed by atoms with Crippen molar-refractivity contribution in [1.29, 1.82) is 0 Å². The molecule has 0 aliphatic heterocycles. The van der Waals surface area contributed by atoms with Gasteiger partial charge >= 0.3 is 0 Å². The van der Waals surface area contributed by atoms with Crippen molar-refractivity contribution >= 4 is 85.6 Å². The van der Waals surface area contributed by atoms with E-state index in [1.165, 1.54) is 63.5 Å². The molecule has 0 bridgehead atoms. The summed E-state index contributed by atoms with van der Waals surface area (Å²) in [5.74, 6) is 1.98. The highest BCUT2D eigenvalue weighted by atomic mass is 32.1. The van der Waals surface area contributed by atoms with Gasteiger partial charge in [0.15, 0.2) is 17.5 Å². The standard InChI is InChI=1S/C51H30N4S/c1-2-14-34(15-3-1)49-52-50(36-22-21-31-11-4-5-16-35(31)29-36)54-51(53-49)43-19-10-20-44-46(43)42-28-25-37(30-45(42)56-44)55-47-38-17-8-6-12-32(38)23-26-40(47)41-27-24-33-13-7-9-18-39(33)48(41)55/h1-30H. The van der Waals surface area contributed by atoms with Gasteiger partial charge in [-0.2, -0.15) is 0 Å². The normalized spacial score (nSPS) is 11.9. The van der Waals surface area contributed by atoms with Crippen molar-refractivity contribution in [3.63, 3.8) is 0 Å². The lowest BCUT2D eigenvalue weighted by Crippen LogP contribution is -2.00. The second-order valence-electron chi connectivity index (χ2n) is 14.4. The molecule has 0 radical (unpaired) electrons. The van der Waals surface area contributed by atoms with E-state index in [4.69, 9.17) is 15.0 Å². The Bertz CT molecular complexity index is 3450. The van der Waals surface area contributed by atoms with Gasteiger partial charge in [-0.05, 0) is 45.8 Å². The molecule has 3 heterocycles. The summed E-state index contributed by atoms with van der Waals surface area (Å²) < 4.78 is 4.91. The summed E-state index contributed by atoms with van der Waals surface area (Å²) in [6.07, 6.45) is 0. The Morgan fingerprint density at radius 1 is 0.357 bits per heavy atom. The molecule has 0 aliphatic rings. The van der Waals surface area contributed by atoms with Gasteiger partial charge in [0.1, 0.15) is 0 Å². The molecular formula is C51H30N4S. The van der Waals surface area contributed by atoms with Crippen LogP contribution in [-0.2, 0) is 0 Å². The molecule has 12 rings (SSSR count). The number of fused-ring (bicyclic) bond motifs is 11. The first kappa shape index (κ1) is 31.2. The van der Waals surface area contributed by atoms with Crippen LogP contribution in [0.1, 0.15) is 0 Å². The second kappa shape index (κ2) is 12.2. The van der Waals surface area contributed by atoms with Crippen LogP contribution in [0, 0.1) is 0 Å². The molecular weight excluding hydrogens is 701 g/mol. The molecule has 0 N–H and O–H groups in total. The summed E-state index contributed by atoms with van der Waals surface area (Å²) >= 11 is 1.82. The van der Waals surface area contributed by atoms with Crippen LogP contribution in [-0.4, -0.2) is 19.5 Å². The van der Waals surface area contributed by atoms with Gasteiger partial charge in [0.05, 0.1) is 11.0 Å². The predicted molar refractivity (Wildman–Crippen MR) is 236 cm³/mol. The number of rotatable bonds is 4. The average molecular weight is 731 g/mol. The number of benzene rings is 9. The molecule has 56 heavy (non-hydrogen) atoms. The zero-order valence-electron chi connectivity index (χ0n) is 30.0. The molecule has 0 amide bonds. The number of hydrogen-bond donors (Lipinski definition) is 0. The van der Waals surface area contributed by atoms with E-state index in [1.54, 1.807) is 0 Å². The molecule has 0 spiro atoms. The van der Waals surface area contributed by atoms with E-state index in [1.807, 2.05) is 29.5 Å². The third-order valence-corrected chi connectivity index (χ3v) is 12.3. The Morgan fingerprint density at radius 3 is 1.68 bits per heavy atom. The largest absolute Gasteiger partial charge is 0.308 e. The molecule has 260 valence electrons.